The van der Waals surface area contributed by atoms with Gasteiger partial charge in [0.15, 0.2) is 6.29 Å². The van der Waals surface area contributed by atoms with Crippen LogP contribution in [0.1, 0.15) is 0 Å². The van der Waals surface area contributed by atoms with E-state index >= 15 is 0 Å². The van der Waals surface area contributed by atoms with E-state index in [9.17, 15) is 14.4 Å². The van der Waals surface area contributed by atoms with Gasteiger partial charge in [-0.1, -0.05) is 0 Å². The molecule has 0 unspecified atom stereocenters. The van der Waals surface area contributed by atoms with Gasteiger partial charge < -0.3 is 40.5 Å². The molecule has 0 aromatic carbocycles. The topological polar surface area (TPSA) is 193 Å². The molecule has 0 heterocycles. The Hall–Kier alpha value is -1.85. The summed E-state index contributed by atoms with van der Waals surface area (Å²) in [6.45, 7) is -0.760. The second-order valence-electron chi connectivity index (χ2n) is 3.37. The molecular formula is C10H16O10. The van der Waals surface area contributed by atoms with E-state index in [0.29, 0.717) is 12.2 Å². The number of aliphatic carboxylic acids is 2. The van der Waals surface area contributed by atoms with Gasteiger partial charge in [-0.05, 0) is 0 Å². The molecule has 0 amide bonds. The van der Waals surface area contributed by atoms with Crippen molar-refractivity contribution in [3.63, 3.8) is 0 Å². The van der Waals surface area contributed by atoms with Crippen molar-refractivity contribution >= 4 is 18.2 Å². The van der Waals surface area contributed by atoms with E-state index in [-0.39, 0.29) is 6.29 Å². The molecular weight excluding hydrogens is 280 g/mol. The summed E-state index contributed by atoms with van der Waals surface area (Å²) in [6.07, 6.45) is -5.72. The summed E-state index contributed by atoms with van der Waals surface area (Å²) in [5.74, 6) is -2.51. The van der Waals surface area contributed by atoms with Crippen LogP contribution >= 0.6 is 0 Å². The second kappa shape index (κ2) is 11.0. The molecule has 7 N–H and O–H groups in total. The molecule has 10 nitrogen and oxygen atoms in total. The maximum atomic E-state index is 9.90. The number of carbonyl (C=O) groups is 3. The fourth-order valence-electron chi connectivity index (χ4n) is 0.761. The summed E-state index contributed by atoms with van der Waals surface area (Å²) >= 11 is 0. The summed E-state index contributed by atoms with van der Waals surface area (Å²) in [4.78, 5) is 29.0. The lowest BCUT2D eigenvalue weighted by Crippen LogP contribution is -2.46. The molecule has 0 rings (SSSR count). The second-order valence-corrected chi connectivity index (χ2v) is 3.37. The molecule has 0 aliphatic heterocycles. The van der Waals surface area contributed by atoms with Gasteiger partial charge in [-0.15, -0.1) is 0 Å². The number of hydrogen-bond acceptors (Lipinski definition) is 8. The Morgan fingerprint density at radius 1 is 0.900 bits per heavy atom. The number of aliphatic hydroxyl groups excluding tert-OH is 5. The summed E-state index contributed by atoms with van der Waals surface area (Å²) < 4.78 is 0. The van der Waals surface area contributed by atoms with Crippen LogP contribution in [0.15, 0.2) is 12.2 Å². The Morgan fingerprint density at radius 3 is 1.55 bits per heavy atom. The Morgan fingerprint density at radius 2 is 1.30 bits per heavy atom. The zero-order valence-electron chi connectivity index (χ0n) is 10.1. The Labute approximate surface area is 112 Å². The van der Waals surface area contributed by atoms with Gasteiger partial charge in [-0.25, -0.2) is 9.59 Å². The van der Waals surface area contributed by atoms with Gasteiger partial charge in [0.05, 0.1) is 6.61 Å². The zero-order valence-corrected chi connectivity index (χ0v) is 10.1. The van der Waals surface area contributed by atoms with Crippen LogP contribution in [0.2, 0.25) is 0 Å². The summed E-state index contributed by atoms with van der Waals surface area (Å²) in [5, 5.41) is 59.2. The maximum absolute atomic E-state index is 9.90. The number of hydrogen-bond donors (Lipinski definition) is 7. The molecule has 116 valence electrons. The molecule has 0 radical (unpaired) electrons. The third-order valence-electron chi connectivity index (χ3n) is 1.79. The van der Waals surface area contributed by atoms with E-state index in [2.05, 4.69) is 0 Å². The molecule has 0 saturated heterocycles. The van der Waals surface area contributed by atoms with Crippen molar-refractivity contribution in [3.05, 3.63) is 12.2 Å². The third-order valence-corrected chi connectivity index (χ3v) is 1.79. The fraction of sp³-hybridized carbons (Fsp3) is 0.500. The van der Waals surface area contributed by atoms with Crippen LogP contribution in [-0.4, -0.2) is 85.0 Å². The van der Waals surface area contributed by atoms with Crippen LogP contribution in [0.5, 0.6) is 0 Å². The standard InChI is InChI=1S/C6H12O6.C4H4O4/c7-1-3(9)5(11)6(12)4(10)2-8;5-3(6)1-2-4(7)8/h1,3-6,8-12H,2H2;1-2H,(H,5,6)(H,7,8)/b;2-1-/t3-,4+,5+,6+;/m0./s1. The number of carbonyl (C=O) groups excluding carboxylic acids is 1. The lowest BCUT2D eigenvalue weighted by atomic mass is 10.0. The predicted octanol–water partition coefficient (Wildman–Crippen LogP) is -3.67. The monoisotopic (exact) mass is 296 g/mol. The van der Waals surface area contributed by atoms with Gasteiger partial charge >= 0.3 is 11.9 Å². The van der Waals surface area contributed by atoms with E-state index < -0.39 is 43.0 Å². The number of carboxylic acid groups (broad SMARTS) is 2. The quantitative estimate of drug-likeness (QED) is 0.182. The van der Waals surface area contributed by atoms with Crippen LogP contribution in [0, 0.1) is 0 Å². The first kappa shape index (κ1) is 20.5. The highest BCUT2D eigenvalue weighted by atomic mass is 16.4. The smallest absolute Gasteiger partial charge is 0.328 e. The number of aliphatic hydroxyl groups is 5. The minimum absolute atomic E-state index is 0.0258. The fourth-order valence-corrected chi connectivity index (χ4v) is 0.761. The molecule has 10 heteroatoms. The van der Waals surface area contributed by atoms with Crippen LogP contribution < -0.4 is 0 Å². The minimum atomic E-state index is -1.79. The Kier molecular flexibility index (Phi) is 11.3. The molecule has 0 aromatic heterocycles. The average Bonchev–Trinajstić information content (AvgIpc) is 2.42. The first-order valence-electron chi connectivity index (χ1n) is 5.09. The largest absolute Gasteiger partial charge is 0.478 e. The van der Waals surface area contributed by atoms with Gasteiger partial charge in [-0.2, -0.15) is 0 Å². The minimum Gasteiger partial charge on any atom is -0.478 e. The summed E-state index contributed by atoms with van der Waals surface area (Å²) in [5.41, 5.74) is 0. The highest BCUT2D eigenvalue weighted by Crippen LogP contribution is 2.02. The molecule has 0 bridgehead atoms. The first-order chi connectivity index (χ1) is 9.17. The van der Waals surface area contributed by atoms with Crippen LogP contribution in [-0.2, 0) is 14.4 Å². The molecule has 0 fully saturated rings. The lowest BCUT2D eigenvalue weighted by molar-refractivity contribution is -0.136. The van der Waals surface area contributed by atoms with Crippen LogP contribution in [0.3, 0.4) is 0 Å². The molecule has 4 atom stereocenters. The van der Waals surface area contributed by atoms with Gasteiger partial charge in [0.2, 0.25) is 0 Å². The maximum Gasteiger partial charge on any atom is 0.328 e. The van der Waals surface area contributed by atoms with E-state index in [4.69, 9.17) is 35.7 Å². The molecule has 0 saturated carbocycles. The van der Waals surface area contributed by atoms with Crippen molar-refractivity contribution < 1.29 is 50.1 Å². The van der Waals surface area contributed by atoms with Gasteiger partial charge in [0.1, 0.15) is 24.4 Å². The number of rotatable bonds is 7. The van der Waals surface area contributed by atoms with E-state index in [1.807, 2.05) is 0 Å². The van der Waals surface area contributed by atoms with Crippen molar-refractivity contribution in [2.75, 3.05) is 6.61 Å². The van der Waals surface area contributed by atoms with Crippen molar-refractivity contribution in [2.24, 2.45) is 0 Å². The molecule has 0 aliphatic carbocycles. The SMILES string of the molecule is O=C(O)/C=C\C(=O)O.O=C[C@H](O)[C@@H](O)[C@H](O)[C@H](O)CO. The van der Waals surface area contributed by atoms with Gasteiger partial charge in [0, 0.05) is 12.2 Å². The number of aldehydes is 1. The molecule has 20 heavy (non-hydrogen) atoms. The predicted molar refractivity (Wildman–Crippen MR) is 61.6 cm³/mol. The normalized spacial score (nSPS) is 16.4. The van der Waals surface area contributed by atoms with E-state index in [0.717, 1.165) is 0 Å². The summed E-state index contributed by atoms with van der Waals surface area (Å²) in [6, 6.07) is 0. The average molecular weight is 296 g/mol. The van der Waals surface area contributed by atoms with Gasteiger partial charge in [0.25, 0.3) is 0 Å². The third kappa shape index (κ3) is 10.1. The van der Waals surface area contributed by atoms with E-state index in [1.165, 1.54) is 0 Å². The van der Waals surface area contributed by atoms with Crippen molar-refractivity contribution in [2.45, 2.75) is 24.4 Å². The highest BCUT2D eigenvalue weighted by molar-refractivity contribution is 5.89. The Bertz CT molecular complexity index is 323. The number of carboxylic acids is 2. The lowest BCUT2D eigenvalue weighted by Gasteiger charge is -2.22. The molecule has 0 aromatic rings. The first-order valence-corrected chi connectivity index (χ1v) is 5.09. The van der Waals surface area contributed by atoms with E-state index in [1.54, 1.807) is 0 Å². The molecule has 0 aliphatic rings. The Balaban J connectivity index is 0. The highest BCUT2D eigenvalue weighted by Gasteiger charge is 2.29. The van der Waals surface area contributed by atoms with Crippen molar-refractivity contribution in [1.82, 2.24) is 0 Å². The molecule has 0 spiro atoms. The van der Waals surface area contributed by atoms with Crippen molar-refractivity contribution in [1.29, 1.82) is 0 Å². The zero-order chi connectivity index (χ0) is 16.3. The van der Waals surface area contributed by atoms with Crippen LogP contribution in [0.4, 0.5) is 0 Å². The summed E-state index contributed by atoms with van der Waals surface area (Å²) in [7, 11) is 0. The van der Waals surface area contributed by atoms with Gasteiger partial charge in [-0.3, -0.25) is 0 Å². The van der Waals surface area contributed by atoms with Crippen molar-refractivity contribution in [3.8, 4) is 0 Å². The van der Waals surface area contributed by atoms with Crippen LogP contribution in [0.25, 0.3) is 0 Å².